The van der Waals surface area contributed by atoms with Gasteiger partial charge in [0.1, 0.15) is 0 Å². The molecular formula is C18H20N2O3S. The second kappa shape index (κ2) is 5.57. The van der Waals surface area contributed by atoms with Gasteiger partial charge in [-0.2, -0.15) is 4.31 Å². The van der Waals surface area contributed by atoms with Crippen LogP contribution in [0.2, 0.25) is 0 Å². The molecule has 0 radical (unpaired) electrons. The van der Waals surface area contributed by atoms with E-state index in [0.717, 1.165) is 25.7 Å². The highest BCUT2D eigenvalue weighted by Gasteiger charge is 2.34. The van der Waals surface area contributed by atoms with Crippen LogP contribution in [-0.2, 0) is 10.0 Å². The van der Waals surface area contributed by atoms with Gasteiger partial charge in [0.15, 0.2) is 0 Å². The van der Waals surface area contributed by atoms with E-state index < -0.39 is 10.0 Å². The number of carbonyl (C=O) groups is 1. The molecule has 0 aliphatic carbocycles. The van der Waals surface area contributed by atoms with Gasteiger partial charge in [-0.3, -0.25) is 4.79 Å². The first-order chi connectivity index (χ1) is 11.5. The summed E-state index contributed by atoms with van der Waals surface area (Å²) in [5.41, 5.74) is 1.24. The van der Waals surface area contributed by atoms with Crippen molar-refractivity contribution in [3.63, 3.8) is 0 Å². The van der Waals surface area contributed by atoms with Gasteiger partial charge in [-0.1, -0.05) is 25.5 Å². The molecule has 4 rings (SSSR count). The fourth-order valence-electron chi connectivity index (χ4n) is 3.91. The van der Waals surface area contributed by atoms with E-state index in [1.165, 1.54) is 0 Å². The molecule has 1 atom stereocenters. The molecule has 126 valence electrons. The standard InChI is InChI=1S/C18H20N2O3S/c1-2-12-6-3-4-11-20(12)24(22,23)16-10-9-15-17-13(16)7-5-8-14(17)18(21)19-15/h5,7-10,12H,2-4,6,11H2,1H3,(H,19,21)/t12-/m1/s1. The highest BCUT2D eigenvalue weighted by Crippen LogP contribution is 2.38. The molecule has 2 aromatic rings. The van der Waals surface area contributed by atoms with Crippen LogP contribution in [0.25, 0.3) is 10.8 Å². The summed E-state index contributed by atoms with van der Waals surface area (Å²) in [7, 11) is -3.58. The SMILES string of the molecule is CC[C@@H]1CCCCN1S(=O)(=O)c1ccc2c3c(cccc13)C(=O)N2. The van der Waals surface area contributed by atoms with Gasteiger partial charge in [0, 0.05) is 34.6 Å². The number of carbonyl (C=O) groups excluding carboxylic acids is 1. The predicted molar refractivity (Wildman–Crippen MR) is 93.7 cm³/mol. The lowest BCUT2D eigenvalue weighted by Gasteiger charge is -2.34. The van der Waals surface area contributed by atoms with Crippen LogP contribution < -0.4 is 5.32 Å². The Bertz CT molecular complexity index is 937. The van der Waals surface area contributed by atoms with Crippen molar-refractivity contribution in [3.8, 4) is 0 Å². The molecule has 2 heterocycles. The number of nitrogens with zero attached hydrogens (tertiary/aromatic N) is 1. The monoisotopic (exact) mass is 344 g/mol. The van der Waals surface area contributed by atoms with Crippen LogP contribution in [0, 0.1) is 0 Å². The van der Waals surface area contributed by atoms with Crippen molar-refractivity contribution in [2.75, 3.05) is 11.9 Å². The van der Waals surface area contributed by atoms with Gasteiger partial charge in [-0.05, 0) is 37.5 Å². The number of benzene rings is 2. The number of hydrogen-bond acceptors (Lipinski definition) is 3. The lowest BCUT2D eigenvalue weighted by molar-refractivity contribution is 0.103. The number of hydrogen-bond donors (Lipinski definition) is 1. The summed E-state index contributed by atoms with van der Waals surface area (Å²) < 4.78 is 28.3. The third-order valence-corrected chi connectivity index (χ3v) is 7.13. The largest absolute Gasteiger partial charge is 0.321 e. The van der Waals surface area contributed by atoms with Crippen molar-refractivity contribution >= 4 is 32.4 Å². The van der Waals surface area contributed by atoms with Crippen molar-refractivity contribution in [3.05, 3.63) is 35.9 Å². The molecule has 0 unspecified atom stereocenters. The Morgan fingerprint density at radius 1 is 1.21 bits per heavy atom. The topological polar surface area (TPSA) is 66.5 Å². The summed E-state index contributed by atoms with van der Waals surface area (Å²) in [6.07, 6.45) is 3.71. The molecular weight excluding hydrogens is 324 g/mol. The maximum atomic E-state index is 13.3. The van der Waals surface area contributed by atoms with E-state index in [1.807, 2.05) is 6.92 Å². The molecule has 0 bridgehead atoms. The van der Waals surface area contributed by atoms with E-state index in [2.05, 4.69) is 5.32 Å². The third-order valence-electron chi connectivity index (χ3n) is 5.12. The van der Waals surface area contributed by atoms with Crippen LogP contribution in [0.5, 0.6) is 0 Å². The summed E-state index contributed by atoms with van der Waals surface area (Å²) in [5, 5.41) is 4.15. The minimum absolute atomic E-state index is 0.0616. The fraction of sp³-hybridized carbons (Fsp3) is 0.389. The van der Waals surface area contributed by atoms with E-state index in [-0.39, 0.29) is 11.9 Å². The molecule has 2 aliphatic heterocycles. The van der Waals surface area contributed by atoms with Crippen LogP contribution in [0.4, 0.5) is 5.69 Å². The molecule has 2 aromatic carbocycles. The Hall–Kier alpha value is -1.92. The van der Waals surface area contributed by atoms with Gasteiger partial charge in [-0.25, -0.2) is 8.42 Å². The highest BCUT2D eigenvalue weighted by atomic mass is 32.2. The highest BCUT2D eigenvalue weighted by molar-refractivity contribution is 7.89. The van der Waals surface area contributed by atoms with Crippen LogP contribution in [0.15, 0.2) is 35.2 Å². The van der Waals surface area contributed by atoms with E-state index >= 15 is 0 Å². The van der Waals surface area contributed by atoms with Crippen molar-refractivity contribution in [2.24, 2.45) is 0 Å². The molecule has 0 aromatic heterocycles. The number of sulfonamides is 1. The quantitative estimate of drug-likeness (QED) is 0.928. The first-order valence-electron chi connectivity index (χ1n) is 8.43. The maximum Gasteiger partial charge on any atom is 0.256 e. The lowest BCUT2D eigenvalue weighted by Crippen LogP contribution is -2.43. The normalized spacial score (nSPS) is 21.2. The Morgan fingerprint density at radius 3 is 2.83 bits per heavy atom. The molecule has 1 fully saturated rings. The average Bonchev–Trinajstić information content (AvgIpc) is 2.93. The lowest BCUT2D eigenvalue weighted by atomic mass is 10.0. The van der Waals surface area contributed by atoms with Crippen LogP contribution in [0.1, 0.15) is 43.0 Å². The van der Waals surface area contributed by atoms with Gasteiger partial charge in [0.25, 0.3) is 5.91 Å². The molecule has 1 saturated heterocycles. The van der Waals surface area contributed by atoms with Gasteiger partial charge >= 0.3 is 0 Å². The van der Waals surface area contributed by atoms with Crippen LogP contribution >= 0.6 is 0 Å². The Balaban J connectivity index is 1.91. The van der Waals surface area contributed by atoms with Gasteiger partial charge in [-0.15, -0.1) is 0 Å². The van der Waals surface area contributed by atoms with Gasteiger partial charge in [0.2, 0.25) is 10.0 Å². The summed E-state index contributed by atoms with van der Waals surface area (Å²) in [6, 6.07) is 8.67. The van der Waals surface area contributed by atoms with E-state index in [9.17, 15) is 13.2 Å². The smallest absolute Gasteiger partial charge is 0.256 e. The van der Waals surface area contributed by atoms with Gasteiger partial charge in [0.05, 0.1) is 4.90 Å². The zero-order valence-electron chi connectivity index (χ0n) is 13.6. The fourth-order valence-corrected chi connectivity index (χ4v) is 5.87. The summed E-state index contributed by atoms with van der Waals surface area (Å²) >= 11 is 0. The first kappa shape index (κ1) is 15.6. The number of piperidine rings is 1. The molecule has 0 spiro atoms. The summed E-state index contributed by atoms with van der Waals surface area (Å²) in [5.74, 6) is -0.172. The summed E-state index contributed by atoms with van der Waals surface area (Å²) in [6.45, 7) is 2.61. The minimum atomic E-state index is -3.58. The molecule has 24 heavy (non-hydrogen) atoms. The number of amides is 1. The molecule has 0 saturated carbocycles. The van der Waals surface area contributed by atoms with Crippen molar-refractivity contribution in [1.29, 1.82) is 0 Å². The van der Waals surface area contributed by atoms with Crippen molar-refractivity contribution in [2.45, 2.75) is 43.5 Å². The predicted octanol–water partition coefficient (Wildman–Crippen LogP) is 3.36. The Morgan fingerprint density at radius 2 is 2.04 bits per heavy atom. The van der Waals surface area contributed by atoms with Gasteiger partial charge < -0.3 is 5.32 Å². The Kier molecular flexibility index (Phi) is 3.62. The minimum Gasteiger partial charge on any atom is -0.321 e. The van der Waals surface area contributed by atoms with Crippen LogP contribution in [0.3, 0.4) is 0 Å². The number of nitrogens with one attached hydrogen (secondary N) is 1. The van der Waals surface area contributed by atoms with Crippen LogP contribution in [-0.4, -0.2) is 31.2 Å². The molecule has 2 aliphatic rings. The van der Waals surface area contributed by atoms with E-state index in [0.29, 0.717) is 33.5 Å². The van der Waals surface area contributed by atoms with Crippen molar-refractivity contribution in [1.82, 2.24) is 4.31 Å². The van der Waals surface area contributed by atoms with E-state index in [1.54, 1.807) is 34.6 Å². The molecule has 5 nitrogen and oxygen atoms in total. The Labute approximate surface area is 141 Å². The zero-order valence-corrected chi connectivity index (χ0v) is 14.4. The van der Waals surface area contributed by atoms with Crippen molar-refractivity contribution < 1.29 is 13.2 Å². The molecule has 1 N–H and O–H groups in total. The second-order valence-corrected chi connectivity index (χ2v) is 8.33. The molecule has 1 amide bonds. The zero-order chi connectivity index (χ0) is 16.9. The molecule has 6 heteroatoms. The summed E-state index contributed by atoms with van der Waals surface area (Å²) in [4.78, 5) is 12.3. The van der Waals surface area contributed by atoms with E-state index in [4.69, 9.17) is 0 Å². The second-order valence-electron chi connectivity index (χ2n) is 6.47. The average molecular weight is 344 g/mol. The maximum absolute atomic E-state index is 13.3. The third kappa shape index (κ3) is 2.17. The number of anilines is 1. The number of rotatable bonds is 3. The first-order valence-corrected chi connectivity index (χ1v) is 9.87.